The van der Waals surface area contributed by atoms with E-state index < -0.39 is 0 Å². The minimum atomic E-state index is 0.640. The van der Waals surface area contributed by atoms with Crippen LogP contribution in [0.25, 0.3) is 0 Å². The van der Waals surface area contributed by atoms with E-state index in [1.165, 1.54) is 24.8 Å². The lowest BCUT2D eigenvalue weighted by Gasteiger charge is -2.05. The van der Waals surface area contributed by atoms with Crippen molar-refractivity contribution in [3.05, 3.63) is 36.1 Å². The fraction of sp³-hybridized carbons (Fsp3) is 0.571. The van der Waals surface area contributed by atoms with Crippen LogP contribution in [0.15, 0.2) is 36.1 Å². The molecule has 1 N–H and O–H groups in total. The van der Waals surface area contributed by atoms with E-state index >= 15 is 0 Å². The van der Waals surface area contributed by atoms with Gasteiger partial charge in [0.25, 0.3) is 0 Å². The van der Waals surface area contributed by atoms with E-state index in [1.54, 1.807) is 0 Å². The molecule has 0 fully saturated rings. The van der Waals surface area contributed by atoms with Gasteiger partial charge in [-0.15, -0.1) is 0 Å². The van der Waals surface area contributed by atoms with Gasteiger partial charge in [0.15, 0.2) is 0 Å². The minimum Gasteiger partial charge on any atom is -0.389 e. The Kier molecular flexibility index (Phi) is 7.79. The van der Waals surface area contributed by atoms with E-state index in [2.05, 4.69) is 50.9 Å². The molecule has 0 saturated heterocycles. The Hall–Kier alpha value is -0.980. The van der Waals surface area contributed by atoms with E-state index in [1.807, 2.05) is 7.05 Å². The first-order chi connectivity index (χ1) is 7.06. The van der Waals surface area contributed by atoms with Crippen LogP contribution in [-0.4, -0.2) is 7.05 Å². The largest absolute Gasteiger partial charge is 0.389 e. The van der Waals surface area contributed by atoms with Crippen LogP contribution < -0.4 is 5.32 Å². The second-order valence-electron chi connectivity index (χ2n) is 4.32. The highest BCUT2D eigenvalue weighted by Gasteiger charge is 1.95. The van der Waals surface area contributed by atoms with Crippen LogP contribution in [0.2, 0.25) is 0 Å². The molecule has 0 amide bonds. The molecule has 0 bridgehead atoms. The van der Waals surface area contributed by atoms with Gasteiger partial charge in [0.1, 0.15) is 0 Å². The van der Waals surface area contributed by atoms with Gasteiger partial charge in [-0.1, -0.05) is 31.2 Å². The summed E-state index contributed by atoms with van der Waals surface area (Å²) < 4.78 is 0. The number of hydrogen-bond donors (Lipinski definition) is 1. The van der Waals surface area contributed by atoms with Crippen molar-refractivity contribution in [1.82, 2.24) is 5.32 Å². The third kappa shape index (κ3) is 9.33. The Bertz CT molecular complexity index is 232. The van der Waals surface area contributed by atoms with Gasteiger partial charge in [-0.3, -0.25) is 0 Å². The molecule has 1 unspecified atom stereocenters. The van der Waals surface area contributed by atoms with Crippen molar-refractivity contribution in [1.29, 1.82) is 0 Å². The van der Waals surface area contributed by atoms with Crippen molar-refractivity contribution < 1.29 is 0 Å². The first-order valence-corrected chi connectivity index (χ1v) is 5.74. The molecule has 86 valence electrons. The summed E-state index contributed by atoms with van der Waals surface area (Å²) in [5, 5.41) is 3.01. The van der Waals surface area contributed by atoms with Crippen molar-refractivity contribution in [2.75, 3.05) is 7.05 Å². The first kappa shape index (κ1) is 14.0. The van der Waals surface area contributed by atoms with E-state index in [0.717, 1.165) is 5.70 Å². The van der Waals surface area contributed by atoms with Crippen LogP contribution in [0.4, 0.5) is 0 Å². The molecule has 1 atom stereocenters. The molecule has 0 aromatic rings. The van der Waals surface area contributed by atoms with Gasteiger partial charge < -0.3 is 5.32 Å². The highest BCUT2D eigenvalue weighted by molar-refractivity contribution is 5.12. The van der Waals surface area contributed by atoms with Crippen molar-refractivity contribution in [3.8, 4) is 0 Å². The van der Waals surface area contributed by atoms with Crippen molar-refractivity contribution in [2.45, 2.75) is 40.0 Å². The molecule has 0 aromatic carbocycles. The Labute approximate surface area is 95.0 Å². The summed E-state index contributed by atoms with van der Waals surface area (Å²) >= 11 is 0. The predicted octanol–water partition coefficient (Wildman–Crippen LogP) is 4.05. The van der Waals surface area contributed by atoms with Crippen molar-refractivity contribution in [2.24, 2.45) is 5.92 Å². The highest BCUT2D eigenvalue weighted by atomic mass is 14.8. The average molecular weight is 207 g/mol. The third-order valence-electron chi connectivity index (χ3n) is 2.36. The lowest BCUT2D eigenvalue weighted by atomic mass is 10.0. The molecular weight excluding hydrogens is 182 g/mol. The molecule has 0 aromatic heterocycles. The zero-order valence-electron chi connectivity index (χ0n) is 10.6. The minimum absolute atomic E-state index is 0.640. The summed E-state index contributed by atoms with van der Waals surface area (Å²) in [5.74, 6) is 0.640. The molecule has 0 radical (unpaired) electrons. The lowest BCUT2D eigenvalue weighted by Crippen LogP contribution is -2.01. The van der Waals surface area contributed by atoms with Gasteiger partial charge in [-0.2, -0.15) is 0 Å². The van der Waals surface area contributed by atoms with Gasteiger partial charge in [-0.05, 0) is 45.1 Å². The maximum absolute atomic E-state index is 3.86. The number of nitrogens with one attached hydrogen (secondary N) is 1. The Morgan fingerprint density at radius 2 is 2.07 bits per heavy atom. The molecule has 0 aliphatic rings. The van der Waals surface area contributed by atoms with Gasteiger partial charge >= 0.3 is 0 Å². The lowest BCUT2D eigenvalue weighted by molar-refractivity contribution is 0.610. The van der Waals surface area contributed by atoms with Crippen LogP contribution in [0.1, 0.15) is 40.0 Å². The van der Waals surface area contributed by atoms with Crippen LogP contribution in [0.5, 0.6) is 0 Å². The summed E-state index contributed by atoms with van der Waals surface area (Å²) in [6, 6.07) is 0. The molecule has 1 nitrogen and oxygen atoms in total. The molecule has 15 heavy (non-hydrogen) atoms. The van der Waals surface area contributed by atoms with Crippen LogP contribution in [-0.2, 0) is 0 Å². The molecule has 0 saturated carbocycles. The fourth-order valence-corrected chi connectivity index (χ4v) is 1.29. The zero-order valence-corrected chi connectivity index (χ0v) is 10.6. The van der Waals surface area contributed by atoms with Crippen molar-refractivity contribution >= 4 is 0 Å². The Morgan fingerprint density at radius 3 is 2.60 bits per heavy atom. The molecule has 0 aliphatic heterocycles. The smallest absolute Gasteiger partial charge is 0.0261 e. The maximum atomic E-state index is 3.86. The fourth-order valence-electron chi connectivity index (χ4n) is 1.29. The molecule has 1 heteroatoms. The number of rotatable bonds is 7. The third-order valence-corrected chi connectivity index (χ3v) is 2.36. The second kappa shape index (κ2) is 8.34. The molecule has 0 rings (SSSR count). The number of unbranched alkanes of at least 4 members (excludes halogenated alkanes) is 1. The number of allylic oxidation sites excluding steroid dienone is 4. The van der Waals surface area contributed by atoms with Crippen molar-refractivity contribution in [3.63, 3.8) is 0 Å². The van der Waals surface area contributed by atoms with Gasteiger partial charge in [0.05, 0.1) is 0 Å². The summed E-state index contributed by atoms with van der Waals surface area (Å²) in [5.41, 5.74) is 2.40. The quantitative estimate of drug-likeness (QED) is 0.377. The Balaban J connectivity index is 3.66. The van der Waals surface area contributed by atoms with Gasteiger partial charge in [0, 0.05) is 12.7 Å². The average Bonchev–Trinajstić information content (AvgIpc) is 2.20. The number of hydrogen-bond acceptors (Lipinski definition) is 1. The standard InChI is InChI=1S/C14H25N/c1-12(2)8-6-7-9-13(3)10-11-14(4)15-5/h8,10-11,13,15H,4,6-7,9H2,1-3,5H3/b11-10-. The van der Waals surface area contributed by atoms with Gasteiger partial charge in [-0.25, -0.2) is 0 Å². The normalized spacial score (nSPS) is 12.5. The topological polar surface area (TPSA) is 12.0 Å². The van der Waals surface area contributed by atoms with Gasteiger partial charge in [0.2, 0.25) is 0 Å². The molecule has 0 aliphatic carbocycles. The van der Waals surface area contributed by atoms with Crippen LogP contribution in [0, 0.1) is 5.92 Å². The zero-order chi connectivity index (χ0) is 11.7. The monoisotopic (exact) mass is 207 g/mol. The number of likely N-dealkylation sites (N-methyl/N-ethyl adjacent to an activating group) is 1. The SMILES string of the molecule is C=C(/C=C\C(C)CCCC=C(C)C)NC. The summed E-state index contributed by atoms with van der Waals surface area (Å²) in [6.07, 6.45) is 10.3. The first-order valence-electron chi connectivity index (χ1n) is 5.74. The summed E-state index contributed by atoms with van der Waals surface area (Å²) in [6.45, 7) is 10.4. The second-order valence-corrected chi connectivity index (χ2v) is 4.32. The Morgan fingerprint density at radius 1 is 1.40 bits per heavy atom. The highest BCUT2D eigenvalue weighted by Crippen LogP contribution is 2.11. The molecule has 0 spiro atoms. The summed E-state index contributed by atoms with van der Waals surface area (Å²) in [7, 11) is 1.89. The predicted molar refractivity (Wildman–Crippen MR) is 69.8 cm³/mol. The van der Waals surface area contributed by atoms with E-state index in [9.17, 15) is 0 Å². The molecular formula is C14H25N. The van der Waals surface area contributed by atoms with Crippen LogP contribution in [0.3, 0.4) is 0 Å². The molecule has 0 heterocycles. The summed E-state index contributed by atoms with van der Waals surface area (Å²) in [4.78, 5) is 0. The van der Waals surface area contributed by atoms with E-state index in [4.69, 9.17) is 0 Å². The van der Waals surface area contributed by atoms with E-state index in [0.29, 0.717) is 5.92 Å². The van der Waals surface area contributed by atoms with E-state index in [-0.39, 0.29) is 0 Å². The van der Waals surface area contributed by atoms with Crippen LogP contribution >= 0.6 is 0 Å². The maximum Gasteiger partial charge on any atom is 0.0261 e.